The third-order valence-corrected chi connectivity index (χ3v) is 5.16. The fourth-order valence-corrected chi connectivity index (χ4v) is 3.23. The van der Waals surface area contributed by atoms with Crippen molar-refractivity contribution in [3.8, 4) is 0 Å². The van der Waals surface area contributed by atoms with Crippen LogP contribution in [0.2, 0.25) is 0 Å². The first kappa shape index (κ1) is 28.9. The van der Waals surface area contributed by atoms with Gasteiger partial charge in [-0.3, -0.25) is 14.4 Å². The van der Waals surface area contributed by atoms with Gasteiger partial charge >= 0.3 is 29.8 Å². The summed E-state index contributed by atoms with van der Waals surface area (Å²) in [5.74, 6) is -5.22. The third kappa shape index (κ3) is 11.2. The predicted octanol–water partition coefficient (Wildman–Crippen LogP) is -1.83. The van der Waals surface area contributed by atoms with Gasteiger partial charge in [-0.2, -0.15) is 0 Å². The standard InChI is InChI=1S/2C10H16N2O5/c11-6(3-4-8(13)14)9(15)17-10(16)7-2-1-5-12-7;13-8(14)4-3-7(10(16)17)12-9(15)6-2-1-5-11-6/h6-7,12H,1-5,11H2,(H,13,14);6-7,11H,1-5H2,(H,12,15)(H,13,14)(H,16,17)/t2*6-,7-/m00/s1. The molecule has 0 aromatic carbocycles. The lowest BCUT2D eigenvalue weighted by molar-refractivity contribution is -0.162. The summed E-state index contributed by atoms with van der Waals surface area (Å²) < 4.78 is 4.57. The second-order valence-corrected chi connectivity index (χ2v) is 7.91. The number of aliphatic carboxylic acids is 3. The SMILES string of the molecule is N[C@@H](CCC(=O)O)C(=O)OC(=O)[C@@H]1CCCN1.O=C(O)CC[C@H](NC(=O)[C@@H]1CCCN1)C(=O)O. The van der Waals surface area contributed by atoms with Crippen LogP contribution >= 0.6 is 0 Å². The fraction of sp³-hybridized carbons (Fsp3) is 0.700. The average molecular weight is 488 g/mol. The molecule has 2 aliphatic rings. The lowest BCUT2D eigenvalue weighted by atomic mass is 10.1. The summed E-state index contributed by atoms with van der Waals surface area (Å²) in [7, 11) is 0. The Hall–Kier alpha value is -3.10. The van der Waals surface area contributed by atoms with Crippen LogP contribution in [0.5, 0.6) is 0 Å². The normalized spacial score (nSPS) is 20.9. The molecule has 0 bridgehead atoms. The number of carboxylic acid groups (broad SMARTS) is 3. The molecule has 0 radical (unpaired) electrons. The van der Waals surface area contributed by atoms with Crippen molar-refractivity contribution in [1.82, 2.24) is 16.0 Å². The number of carbonyl (C=O) groups excluding carboxylic acids is 3. The van der Waals surface area contributed by atoms with Gasteiger partial charge in [-0.15, -0.1) is 0 Å². The number of esters is 2. The summed E-state index contributed by atoms with van der Waals surface area (Å²) in [6.07, 6.45) is 2.39. The summed E-state index contributed by atoms with van der Waals surface area (Å²) in [6.45, 7) is 1.46. The first-order chi connectivity index (χ1) is 16.0. The second kappa shape index (κ2) is 14.9. The number of nitrogens with two attached hydrogens (primary N) is 1. The Morgan fingerprint density at radius 1 is 0.882 bits per heavy atom. The number of rotatable bonds is 11. The number of ether oxygens (including phenoxy) is 1. The monoisotopic (exact) mass is 488 g/mol. The molecule has 0 aromatic heterocycles. The van der Waals surface area contributed by atoms with Gasteiger partial charge in [0, 0.05) is 12.8 Å². The lowest BCUT2D eigenvalue weighted by Gasteiger charge is -2.16. The molecule has 1 amide bonds. The molecule has 0 aliphatic carbocycles. The van der Waals surface area contributed by atoms with Crippen molar-refractivity contribution < 1.29 is 48.8 Å². The molecule has 2 saturated heterocycles. The zero-order valence-corrected chi connectivity index (χ0v) is 18.7. The molecule has 2 rings (SSSR count). The van der Waals surface area contributed by atoms with E-state index < -0.39 is 48.0 Å². The van der Waals surface area contributed by atoms with E-state index in [1.807, 2.05) is 0 Å². The average Bonchev–Trinajstić information content (AvgIpc) is 3.49. The number of carbonyl (C=O) groups is 6. The minimum atomic E-state index is -1.21. The van der Waals surface area contributed by atoms with Crippen molar-refractivity contribution in [2.24, 2.45) is 5.73 Å². The van der Waals surface area contributed by atoms with Crippen molar-refractivity contribution in [3.63, 3.8) is 0 Å². The smallest absolute Gasteiger partial charge is 0.330 e. The molecule has 2 aliphatic heterocycles. The Balaban J connectivity index is 0.000000340. The van der Waals surface area contributed by atoms with Gasteiger partial charge in [0.1, 0.15) is 18.1 Å². The summed E-state index contributed by atoms with van der Waals surface area (Å²) in [5, 5.41) is 33.9. The molecule has 0 aromatic rings. The van der Waals surface area contributed by atoms with Gasteiger partial charge in [0.2, 0.25) is 5.91 Å². The van der Waals surface area contributed by atoms with Crippen LogP contribution in [0.3, 0.4) is 0 Å². The summed E-state index contributed by atoms with van der Waals surface area (Å²) in [5.41, 5.74) is 5.40. The van der Waals surface area contributed by atoms with E-state index in [-0.39, 0.29) is 37.6 Å². The Morgan fingerprint density at radius 2 is 1.41 bits per heavy atom. The summed E-state index contributed by atoms with van der Waals surface area (Å²) in [4.78, 5) is 65.8. The maximum absolute atomic E-state index is 11.6. The lowest BCUT2D eigenvalue weighted by Crippen LogP contribution is -2.48. The Labute approximate surface area is 195 Å². The first-order valence-electron chi connectivity index (χ1n) is 11.0. The van der Waals surface area contributed by atoms with E-state index in [9.17, 15) is 28.8 Å². The van der Waals surface area contributed by atoms with E-state index in [4.69, 9.17) is 21.1 Å². The van der Waals surface area contributed by atoms with Crippen molar-refractivity contribution >= 4 is 35.8 Å². The fourth-order valence-electron chi connectivity index (χ4n) is 3.23. The van der Waals surface area contributed by atoms with Crippen LogP contribution in [0.15, 0.2) is 0 Å². The highest BCUT2D eigenvalue weighted by molar-refractivity contribution is 5.91. The molecular formula is C20H32N4O10. The number of nitrogens with one attached hydrogen (secondary N) is 3. The van der Waals surface area contributed by atoms with E-state index in [0.717, 1.165) is 25.9 Å². The highest BCUT2D eigenvalue weighted by Crippen LogP contribution is 2.08. The van der Waals surface area contributed by atoms with Crippen LogP contribution < -0.4 is 21.7 Å². The predicted molar refractivity (Wildman–Crippen MR) is 114 cm³/mol. The topological polar surface area (TPSA) is 234 Å². The molecule has 14 nitrogen and oxygen atoms in total. The molecule has 4 atom stereocenters. The number of hydrogen-bond acceptors (Lipinski definition) is 10. The minimum absolute atomic E-state index is 0.0421. The molecule has 34 heavy (non-hydrogen) atoms. The van der Waals surface area contributed by atoms with Crippen LogP contribution in [-0.4, -0.2) is 88.3 Å². The molecule has 8 N–H and O–H groups in total. The molecule has 0 saturated carbocycles. The minimum Gasteiger partial charge on any atom is -0.481 e. The van der Waals surface area contributed by atoms with Crippen LogP contribution in [0.4, 0.5) is 0 Å². The van der Waals surface area contributed by atoms with Crippen LogP contribution in [0.1, 0.15) is 51.4 Å². The van der Waals surface area contributed by atoms with Crippen molar-refractivity contribution in [2.45, 2.75) is 75.5 Å². The van der Waals surface area contributed by atoms with Gasteiger partial charge in [0.05, 0.1) is 6.04 Å². The zero-order chi connectivity index (χ0) is 25.7. The summed E-state index contributed by atoms with van der Waals surface area (Å²) >= 11 is 0. The molecule has 14 heteroatoms. The number of carboxylic acids is 3. The van der Waals surface area contributed by atoms with Crippen molar-refractivity contribution in [1.29, 1.82) is 0 Å². The maximum Gasteiger partial charge on any atom is 0.330 e. The number of hydrogen-bond donors (Lipinski definition) is 7. The van der Waals surface area contributed by atoms with E-state index in [0.29, 0.717) is 12.8 Å². The Morgan fingerprint density at radius 3 is 1.88 bits per heavy atom. The highest BCUT2D eigenvalue weighted by atomic mass is 16.6. The van der Waals surface area contributed by atoms with Gasteiger partial charge in [-0.1, -0.05) is 0 Å². The molecule has 192 valence electrons. The van der Waals surface area contributed by atoms with Crippen LogP contribution in [-0.2, 0) is 33.5 Å². The molecule has 2 fully saturated rings. The van der Waals surface area contributed by atoms with Crippen molar-refractivity contribution in [3.05, 3.63) is 0 Å². The van der Waals surface area contributed by atoms with Crippen LogP contribution in [0.25, 0.3) is 0 Å². The molecule has 0 spiro atoms. The number of amides is 1. The zero-order valence-electron chi connectivity index (χ0n) is 18.7. The van der Waals surface area contributed by atoms with E-state index in [1.54, 1.807) is 0 Å². The van der Waals surface area contributed by atoms with Gasteiger partial charge in [-0.05, 0) is 51.6 Å². The van der Waals surface area contributed by atoms with Gasteiger partial charge in [0.25, 0.3) is 0 Å². The first-order valence-corrected chi connectivity index (χ1v) is 11.0. The largest absolute Gasteiger partial charge is 0.481 e. The van der Waals surface area contributed by atoms with Crippen molar-refractivity contribution in [2.75, 3.05) is 13.1 Å². The highest BCUT2D eigenvalue weighted by Gasteiger charge is 2.28. The maximum atomic E-state index is 11.6. The summed E-state index contributed by atoms with van der Waals surface area (Å²) in [6, 6.07) is -3.02. The second-order valence-electron chi connectivity index (χ2n) is 7.91. The Bertz CT molecular complexity index is 748. The Kier molecular flexibility index (Phi) is 12.7. The van der Waals surface area contributed by atoms with E-state index in [2.05, 4.69) is 20.7 Å². The van der Waals surface area contributed by atoms with Gasteiger partial charge in [-0.25, -0.2) is 14.4 Å². The molecule has 2 heterocycles. The van der Waals surface area contributed by atoms with Gasteiger partial charge < -0.3 is 41.7 Å². The van der Waals surface area contributed by atoms with E-state index in [1.165, 1.54) is 0 Å². The quantitative estimate of drug-likeness (QED) is 0.125. The molecule has 0 unspecified atom stereocenters. The van der Waals surface area contributed by atoms with E-state index >= 15 is 0 Å². The molecular weight excluding hydrogens is 456 g/mol. The van der Waals surface area contributed by atoms with Gasteiger partial charge in [0.15, 0.2) is 0 Å². The van der Waals surface area contributed by atoms with Crippen LogP contribution in [0, 0.1) is 0 Å². The third-order valence-electron chi connectivity index (χ3n) is 5.16.